The lowest BCUT2D eigenvalue weighted by Crippen LogP contribution is -2.56. The topological polar surface area (TPSA) is 120 Å². The standard InChI is InChI=1S/C38H23Br2NO8/c39-37-25-6-1-2-7-26(25)38(40,28-9-4-3-8-27(28)37)32-31(37)33(43)41(34(32)44)23-15-11-22(12-16-23)35(45)48-20-29(42)21-13-17-24(18-14-21)49-36(46)30-10-5-19-47-30/h1-19,31-32H,20H2. The third kappa shape index (κ3) is 4.59. The molecule has 2 amide bonds. The van der Waals surface area contributed by atoms with Gasteiger partial charge in [-0.2, -0.15) is 0 Å². The highest BCUT2D eigenvalue weighted by atomic mass is 79.9. The molecule has 2 heterocycles. The lowest BCUT2D eigenvalue weighted by molar-refractivity contribution is -0.122. The summed E-state index contributed by atoms with van der Waals surface area (Å²) in [7, 11) is 0. The molecule has 2 atom stereocenters. The van der Waals surface area contributed by atoms with Crippen molar-refractivity contribution in [1.82, 2.24) is 0 Å². The lowest BCUT2D eigenvalue weighted by Gasteiger charge is -2.55. The number of rotatable bonds is 7. The number of carbonyl (C=O) groups excluding carboxylic acids is 5. The number of esters is 2. The molecule has 1 fully saturated rings. The number of halogens is 2. The number of amides is 2. The number of hydrogen-bond donors (Lipinski definition) is 0. The first kappa shape index (κ1) is 31.2. The summed E-state index contributed by atoms with van der Waals surface area (Å²) >= 11 is 7.99. The first-order chi connectivity index (χ1) is 23.6. The number of carbonyl (C=O) groups is 5. The molecule has 0 N–H and O–H groups in total. The number of benzene rings is 4. The van der Waals surface area contributed by atoms with Crippen molar-refractivity contribution in [2.24, 2.45) is 11.8 Å². The minimum absolute atomic E-state index is 0.0419. The number of hydrogen-bond acceptors (Lipinski definition) is 8. The molecule has 2 bridgehead atoms. The molecule has 3 aliphatic carbocycles. The quantitative estimate of drug-likeness (QED) is 0.0573. The summed E-state index contributed by atoms with van der Waals surface area (Å²) in [4.78, 5) is 67.4. The van der Waals surface area contributed by atoms with Gasteiger partial charge >= 0.3 is 11.9 Å². The zero-order valence-corrected chi connectivity index (χ0v) is 28.5. The highest BCUT2D eigenvalue weighted by Gasteiger charge is 2.72. The molecule has 11 heteroatoms. The van der Waals surface area contributed by atoms with Gasteiger partial charge in [-0.15, -0.1) is 0 Å². The maximum atomic E-state index is 14.3. The van der Waals surface area contributed by atoms with Crippen LogP contribution in [0.2, 0.25) is 0 Å². The minimum atomic E-state index is -0.914. The highest BCUT2D eigenvalue weighted by molar-refractivity contribution is 9.10. The van der Waals surface area contributed by atoms with Crippen LogP contribution in [-0.2, 0) is 23.0 Å². The van der Waals surface area contributed by atoms with Crippen LogP contribution in [0.15, 0.2) is 120 Å². The van der Waals surface area contributed by atoms with E-state index in [1.807, 2.05) is 48.5 Å². The van der Waals surface area contributed by atoms with Gasteiger partial charge in [0.15, 0.2) is 12.4 Å². The van der Waals surface area contributed by atoms with Crippen molar-refractivity contribution in [3.8, 4) is 5.75 Å². The van der Waals surface area contributed by atoms with E-state index in [9.17, 15) is 24.0 Å². The van der Waals surface area contributed by atoms with Crippen LogP contribution < -0.4 is 9.64 Å². The van der Waals surface area contributed by atoms with Crippen molar-refractivity contribution in [2.45, 2.75) is 8.65 Å². The Morgan fingerprint density at radius 1 is 0.653 bits per heavy atom. The van der Waals surface area contributed by atoms with E-state index in [-0.39, 0.29) is 34.5 Å². The van der Waals surface area contributed by atoms with Crippen LogP contribution in [0.5, 0.6) is 5.75 Å². The Morgan fingerprint density at radius 3 is 1.65 bits per heavy atom. The number of alkyl halides is 2. The summed E-state index contributed by atoms with van der Waals surface area (Å²) in [6.07, 6.45) is 1.35. The van der Waals surface area contributed by atoms with E-state index in [2.05, 4.69) is 31.9 Å². The van der Waals surface area contributed by atoms with Crippen LogP contribution in [0.1, 0.15) is 53.5 Å². The Morgan fingerprint density at radius 2 is 1.16 bits per heavy atom. The normalized spacial score (nSPS) is 23.0. The predicted molar refractivity (Wildman–Crippen MR) is 183 cm³/mol. The van der Waals surface area contributed by atoms with Crippen LogP contribution in [0, 0.1) is 11.8 Å². The number of Topliss-reactive ketones (excluding diaryl/α,β-unsaturated/α-hetero) is 1. The largest absolute Gasteiger partial charge is 0.457 e. The Kier molecular flexibility index (Phi) is 7.31. The number of nitrogens with zero attached hydrogens (tertiary/aromatic N) is 1. The Labute approximate surface area is 296 Å². The molecule has 2 unspecified atom stereocenters. The van der Waals surface area contributed by atoms with Gasteiger partial charge in [0.25, 0.3) is 0 Å². The molecule has 9 rings (SSSR count). The number of furan rings is 1. The fraction of sp³-hybridized carbons (Fsp3) is 0.132. The molecule has 242 valence electrons. The first-order valence-electron chi connectivity index (χ1n) is 15.3. The van der Waals surface area contributed by atoms with Crippen LogP contribution in [-0.4, -0.2) is 36.1 Å². The molecular formula is C38H23Br2NO8. The number of ether oxygens (including phenoxy) is 2. The van der Waals surface area contributed by atoms with Crippen LogP contribution in [0.3, 0.4) is 0 Å². The molecule has 1 saturated heterocycles. The maximum Gasteiger partial charge on any atom is 0.379 e. The van der Waals surface area contributed by atoms with Crippen molar-refractivity contribution in [3.05, 3.63) is 155 Å². The van der Waals surface area contributed by atoms with Gasteiger partial charge in [0.1, 0.15) is 5.75 Å². The summed E-state index contributed by atoms with van der Waals surface area (Å²) in [5.41, 5.74) is 4.46. The van der Waals surface area contributed by atoms with E-state index < -0.39 is 44.8 Å². The van der Waals surface area contributed by atoms with Gasteiger partial charge in [0, 0.05) is 5.56 Å². The fourth-order valence-corrected chi connectivity index (χ4v) is 9.53. The third-order valence-corrected chi connectivity index (χ3v) is 12.1. The van der Waals surface area contributed by atoms with Gasteiger partial charge < -0.3 is 13.9 Å². The van der Waals surface area contributed by atoms with E-state index in [4.69, 9.17) is 13.9 Å². The van der Waals surface area contributed by atoms with Crippen LogP contribution in [0.25, 0.3) is 0 Å². The van der Waals surface area contributed by atoms with Gasteiger partial charge in [0.05, 0.1) is 38.0 Å². The van der Waals surface area contributed by atoms with Crippen molar-refractivity contribution < 1.29 is 37.9 Å². The predicted octanol–water partition coefficient (Wildman–Crippen LogP) is 6.95. The lowest BCUT2D eigenvalue weighted by atomic mass is 9.54. The molecule has 1 aromatic heterocycles. The van der Waals surface area contributed by atoms with Crippen molar-refractivity contribution in [2.75, 3.05) is 11.5 Å². The highest BCUT2D eigenvalue weighted by Crippen LogP contribution is 2.70. The Balaban J connectivity index is 0.975. The average Bonchev–Trinajstić information content (AvgIpc) is 3.77. The van der Waals surface area contributed by atoms with Gasteiger partial charge in [-0.1, -0.05) is 80.4 Å². The molecule has 49 heavy (non-hydrogen) atoms. The van der Waals surface area contributed by atoms with Crippen LogP contribution in [0.4, 0.5) is 5.69 Å². The maximum absolute atomic E-state index is 14.3. The van der Waals surface area contributed by atoms with Crippen molar-refractivity contribution >= 4 is 67.1 Å². The monoisotopic (exact) mass is 779 g/mol. The summed E-state index contributed by atoms with van der Waals surface area (Å²) in [6, 6.07) is 30.5. The third-order valence-electron chi connectivity index (χ3n) is 9.39. The molecule has 4 aromatic carbocycles. The van der Waals surface area contributed by atoms with Gasteiger partial charge in [-0.05, 0) is 82.9 Å². The second-order valence-corrected chi connectivity index (χ2v) is 14.4. The second kappa shape index (κ2) is 11.5. The molecule has 1 aliphatic heterocycles. The number of imide groups is 1. The fourth-order valence-electron chi connectivity index (χ4n) is 7.23. The number of anilines is 1. The van der Waals surface area contributed by atoms with Crippen molar-refractivity contribution in [1.29, 1.82) is 0 Å². The van der Waals surface area contributed by atoms with Gasteiger partial charge in [-0.3, -0.25) is 14.4 Å². The SMILES string of the molecule is O=C(COC(=O)c1ccc(N2C(=O)C3C(C2=O)C2(Br)c4ccccc4C3(Br)c3ccccc32)cc1)c1ccc(OC(=O)c2ccco2)cc1. The summed E-state index contributed by atoms with van der Waals surface area (Å²) in [5.74, 6) is -3.78. The minimum Gasteiger partial charge on any atom is -0.457 e. The molecule has 0 saturated carbocycles. The first-order valence-corrected chi connectivity index (χ1v) is 16.8. The summed E-state index contributed by atoms with van der Waals surface area (Å²) < 4.78 is 13.7. The average molecular weight is 781 g/mol. The van der Waals surface area contributed by atoms with Gasteiger partial charge in [-0.25, -0.2) is 14.5 Å². The van der Waals surface area contributed by atoms with E-state index in [1.54, 1.807) is 6.07 Å². The van der Waals surface area contributed by atoms with E-state index in [0.717, 1.165) is 22.3 Å². The van der Waals surface area contributed by atoms with Crippen LogP contribution >= 0.6 is 31.9 Å². The van der Waals surface area contributed by atoms with E-state index >= 15 is 0 Å². The summed E-state index contributed by atoms with van der Waals surface area (Å²) in [5, 5.41) is 0. The molecule has 0 radical (unpaired) electrons. The second-order valence-electron chi connectivity index (χ2n) is 11.9. The molecule has 4 aliphatic rings. The zero-order chi connectivity index (χ0) is 34.1. The summed E-state index contributed by atoms with van der Waals surface area (Å²) in [6.45, 7) is -0.527. The molecule has 5 aromatic rings. The molecular weight excluding hydrogens is 758 g/mol. The zero-order valence-electron chi connectivity index (χ0n) is 25.3. The van der Waals surface area contributed by atoms with E-state index in [0.29, 0.717) is 5.69 Å². The Bertz CT molecular complexity index is 2070. The molecule has 9 nitrogen and oxygen atoms in total. The Hall–Kier alpha value is -5.13. The number of ketones is 1. The van der Waals surface area contributed by atoms with E-state index in [1.165, 1.54) is 65.8 Å². The van der Waals surface area contributed by atoms with Crippen molar-refractivity contribution in [3.63, 3.8) is 0 Å². The van der Waals surface area contributed by atoms with Gasteiger partial charge in [0.2, 0.25) is 17.6 Å². The smallest absolute Gasteiger partial charge is 0.379 e. The molecule has 0 spiro atoms.